The Morgan fingerprint density at radius 2 is 2.04 bits per heavy atom. The summed E-state index contributed by atoms with van der Waals surface area (Å²) in [5.41, 5.74) is 0.297. The number of hydrogen-bond donors (Lipinski definition) is 0. The molecule has 7 heteroatoms. The molecule has 23 heavy (non-hydrogen) atoms. The fourth-order valence-corrected chi connectivity index (χ4v) is 2.75. The minimum Gasteiger partial charge on any atom is -0.490 e. The smallest absolute Gasteiger partial charge is 0.395 e. The van der Waals surface area contributed by atoms with Crippen molar-refractivity contribution in [1.29, 1.82) is 0 Å². The number of nitrogens with zero attached hydrogens (tertiary/aromatic N) is 1. The van der Waals surface area contributed by atoms with E-state index in [9.17, 15) is 18.0 Å². The van der Waals surface area contributed by atoms with Crippen LogP contribution in [0, 0.1) is 5.92 Å². The van der Waals surface area contributed by atoms with Crippen LogP contribution in [-0.2, 0) is 4.74 Å². The maximum absolute atomic E-state index is 12.5. The highest BCUT2D eigenvalue weighted by molar-refractivity contribution is 5.97. The largest absolute Gasteiger partial charge is 0.490 e. The average Bonchev–Trinajstić information content (AvgIpc) is 2.95. The highest BCUT2D eigenvalue weighted by Crippen LogP contribution is 2.35. The average molecular weight is 329 g/mol. The van der Waals surface area contributed by atoms with Crippen molar-refractivity contribution in [3.63, 3.8) is 0 Å². The van der Waals surface area contributed by atoms with E-state index in [1.807, 2.05) is 0 Å². The van der Waals surface area contributed by atoms with Crippen LogP contribution in [0.2, 0.25) is 0 Å². The Morgan fingerprint density at radius 1 is 1.30 bits per heavy atom. The van der Waals surface area contributed by atoms with Gasteiger partial charge in [0.2, 0.25) is 0 Å². The number of likely N-dealkylation sites (tertiary alicyclic amines) is 1. The molecular formula is C16H18F3NO3. The molecule has 0 aromatic heterocycles. The van der Waals surface area contributed by atoms with Crippen LogP contribution in [0.5, 0.6) is 5.75 Å². The molecule has 2 aliphatic rings. The van der Waals surface area contributed by atoms with Crippen molar-refractivity contribution in [2.24, 2.45) is 5.92 Å². The third-order valence-electron chi connectivity index (χ3n) is 4.20. The van der Waals surface area contributed by atoms with E-state index in [0.717, 1.165) is 12.8 Å². The highest BCUT2D eigenvalue weighted by Gasteiger charge is 2.48. The zero-order valence-electron chi connectivity index (χ0n) is 12.5. The number of ether oxygens (including phenoxy) is 2. The molecule has 0 bridgehead atoms. The van der Waals surface area contributed by atoms with Gasteiger partial charge in [-0.2, -0.15) is 13.2 Å². The number of rotatable bonds is 4. The summed E-state index contributed by atoms with van der Waals surface area (Å²) in [6.07, 6.45) is -2.33. The van der Waals surface area contributed by atoms with Gasteiger partial charge in [0.05, 0.1) is 17.6 Å². The number of benzene rings is 1. The molecule has 4 nitrogen and oxygen atoms in total. The van der Waals surface area contributed by atoms with Crippen LogP contribution < -0.4 is 4.74 Å². The van der Waals surface area contributed by atoms with Gasteiger partial charge in [0.25, 0.3) is 5.91 Å². The lowest BCUT2D eigenvalue weighted by atomic mass is 9.98. The topological polar surface area (TPSA) is 38.8 Å². The third kappa shape index (κ3) is 3.60. The summed E-state index contributed by atoms with van der Waals surface area (Å²) in [5.74, 6) is -1.46. The molecule has 1 atom stereocenters. The predicted molar refractivity (Wildman–Crippen MR) is 76.4 cm³/mol. The predicted octanol–water partition coefficient (Wildman–Crippen LogP) is 2.88. The Labute approximate surface area is 132 Å². The summed E-state index contributed by atoms with van der Waals surface area (Å²) < 4.78 is 48.7. The van der Waals surface area contributed by atoms with Crippen LogP contribution in [0.3, 0.4) is 0 Å². The standard InChI is InChI=1S/C16H18F3NO3/c17-16(18,19)11-8-20(9-11)15(21)13-5-1-2-6-14(13)23-10-12-4-3-7-22-12/h1-2,5-6,11-12H,3-4,7-10H2. The number of amides is 1. The van der Waals surface area contributed by atoms with Crippen molar-refractivity contribution in [2.45, 2.75) is 25.1 Å². The van der Waals surface area contributed by atoms with Gasteiger partial charge in [-0.05, 0) is 25.0 Å². The molecule has 2 aliphatic heterocycles. The molecule has 2 saturated heterocycles. The van der Waals surface area contributed by atoms with Crippen molar-refractivity contribution in [3.8, 4) is 5.75 Å². The quantitative estimate of drug-likeness (QED) is 0.853. The molecule has 126 valence electrons. The monoisotopic (exact) mass is 329 g/mol. The zero-order valence-corrected chi connectivity index (χ0v) is 12.5. The van der Waals surface area contributed by atoms with E-state index in [2.05, 4.69) is 0 Å². The summed E-state index contributed by atoms with van der Waals surface area (Å²) in [6.45, 7) is 0.474. The van der Waals surface area contributed by atoms with E-state index in [0.29, 0.717) is 24.5 Å². The van der Waals surface area contributed by atoms with Gasteiger partial charge >= 0.3 is 6.18 Å². The Hall–Kier alpha value is -1.76. The first-order valence-electron chi connectivity index (χ1n) is 7.64. The molecule has 2 heterocycles. The molecule has 1 aromatic carbocycles. The fraction of sp³-hybridized carbons (Fsp3) is 0.562. The first-order valence-corrected chi connectivity index (χ1v) is 7.64. The molecular weight excluding hydrogens is 311 g/mol. The number of halogens is 3. The van der Waals surface area contributed by atoms with Crippen LogP contribution in [-0.4, -0.2) is 49.4 Å². The minimum absolute atomic E-state index is 0.0109. The molecule has 1 amide bonds. The maximum Gasteiger partial charge on any atom is 0.395 e. The molecule has 0 spiro atoms. The summed E-state index contributed by atoms with van der Waals surface area (Å²) in [5, 5.41) is 0. The Kier molecular flexibility index (Phi) is 4.48. The van der Waals surface area contributed by atoms with Crippen molar-refractivity contribution in [1.82, 2.24) is 4.90 Å². The van der Waals surface area contributed by atoms with Gasteiger partial charge in [0.1, 0.15) is 12.4 Å². The highest BCUT2D eigenvalue weighted by atomic mass is 19.4. The Balaban J connectivity index is 1.62. The lowest BCUT2D eigenvalue weighted by Gasteiger charge is -2.40. The van der Waals surface area contributed by atoms with Crippen LogP contribution in [0.15, 0.2) is 24.3 Å². The maximum atomic E-state index is 12.5. The van der Waals surface area contributed by atoms with E-state index in [1.54, 1.807) is 24.3 Å². The zero-order chi connectivity index (χ0) is 16.4. The minimum atomic E-state index is -4.24. The summed E-state index contributed by atoms with van der Waals surface area (Å²) in [4.78, 5) is 13.6. The molecule has 0 radical (unpaired) electrons. The van der Waals surface area contributed by atoms with Crippen LogP contribution in [0.4, 0.5) is 13.2 Å². The van der Waals surface area contributed by atoms with Crippen molar-refractivity contribution < 1.29 is 27.4 Å². The first kappa shape index (κ1) is 16.1. The molecule has 2 fully saturated rings. The molecule has 1 unspecified atom stereocenters. The molecule has 3 rings (SSSR count). The van der Waals surface area contributed by atoms with E-state index < -0.39 is 18.0 Å². The molecule has 1 aromatic rings. The van der Waals surface area contributed by atoms with Crippen LogP contribution >= 0.6 is 0 Å². The normalized spacial score (nSPS) is 22.0. The summed E-state index contributed by atoms with van der Waals surface area (Å²) >= 11 is 0. The second-order valence-corrected chi connectivity index (χ2v) is 5.89. The van der Waals surface area contributed by atoms with Gasteiger partial charge in [0, 0.05) is 19.7 Å². The van der Waals surface area contributed by atoms with Gasteiger partial charge < -0.3 is 14.4 Å². The second-order valence-electron chi connectivity index (χ2n) is 5.89. The van der Waals surface area contributed by atoms with Gasteiger partial charge in [-0.25, -0.2) is 0 Å². The molecule has 0 N–H and O–H groups in total. The van der Waals surface area contributed by atoms with Crippen LogP contribution in [0.25, 0.3) is 0 Å². The third-order valence-corrected chi connectivity index (χ3v) is 4.20. The SMILES string of the molecule is O=C(c1ccccc1OCC1CCCO1)N1CC(C(F)(F)F)C1. The van der Waals surface area contributed by atoms with Crippen molar-refractivity contribution >= 4 is 5.91 Å². The number of carbonyl (C=O) groups is 1. The molecule has 0 saturated carbocycles. The lowest BCUT2D eigenvalue weighted by molar-refractivity contribution is -0.202. The van der Waals surface area contributed by atoms with Crippen LogP contribution in [0.1, 0.15) is 23.2 Å². The number of para-hydroxylation sites is 1. The van der Waals surface area contributed by atoms with E-state index in [4.69, 9.17) is 9.47 Å². The van der Waals surface area contributed by atoms with E-state index in [1.165, 1.54) is 4.90 Å². The van der Waals surface area contributed by atoms with Crippen molar-refractivity contribution in [2.75, 3.05) is 26.3 Å². The van der Waals surface area contributed by atoms with E-state index >= 15 is 0 Å². The Morgan fingerprint density at radius 3 is 2.70 bits per heavy atom. The number of hydrogen-bond acceptors (Lipinski definition) is 3. The molecule has 0 aliphatic carbocycles. The van der Waals surface area contributed by atoms with Gasteiger partial charge in [-0.15, -0.1) is 0 Å². The fourth-order valence-electron chi connectivity index (χ4n) is 2.75. The summed E-state index contributed by atoms with van der Waals surface area (Å²) in [6, 6.07) is 6.64. The van der Waals surface area contributed by atoms with E-state index in [-0.39, 0.29) is 19.2 Å². The second kappa shape index (κ2) is 6.39. The van der Waals surface area contributed by atoms with Gasteiger partial charge in [0.15, 0.2) is 0 Å². The lowest BCUT2D eigenvalue weighted by Crippen LogP contribution is -2.55. The first-order chi connectivity index (χ1) is 10.9. The number of alkyl halides is 3. The number of carbonyl (C=O) groups excluding carboxylic acids is 1. The van der Waals surface area contributed by atoms with Gasteiger partial charge in [-0.3, -0.25) is 4.79 Å². The Bertz CT molecular complexity index is 564. The van der Waals surface area contributed by atoms with Gasteiger partial charge in [-0.1, -0.05) is 12.1 Å². The van der Waals surface area contributed by atoms with Crippen molar-refractivity contribution in [3.05, 3.63) is 29.8 Å². The summed E-state index contributed by atoms with van der Waals surface area (Å²) in [7, 11) is 0.